The van der Waals surface area contributed by atoms with Crippen LogP contribution >= 0.6 is 11.6 Å². The normalized spacial score (nSPS) is 20.3. The molecule has 104 valence electrons. The fourth-order valence-corrected chi connectivity index (χ4v) is 3.69. The molecule has 2 nitrogen and oxygen atoms in total. The van der Waals surface area contributed by atoms with Crippen molar-refractivity contribution >= 4 is 11.6 Å². The topological polar surface area (TPSA) is 35.2 Å². The molecule has 1 aliphatic heterocycles. The molecule has 1 unspecified atom stereocenters. The molecule has 1 aromatic rings. The SMILES string of the molecule is NC(CCC1CCCC1)c1cc(Cl)cc2c1OCC2. The minimum absolute atomic E-state index is 0.0612. The van der Waals surface area contributed by atoms with Crippen molar-refractivity contribution in [3.8, 4) is 5.75 Å². The van der Waals surface area contributed by atoms with Gasteiger partial charge in [0, 0.05) is 23.0 Å². The first-order chi connectivity index (χ1) is 9.24. The third-order valence-electron chi connectivity index (χ3n) is 4.54. The third-order valence-corrected chi connectivity index (χ3v) is 4.76. The van der Waals surface area contributed by atoms with Gasteiger partial charge in [-0.15, -0.1) is 0 Å². The maximum absolute atomic E-state index is 6.38. The largest absolute Gasteiger partial charge is 0.493 e. The summed E-state index contributed by atoms with van der Waals surface area (Å²) in [7, 11) is 0. The molecule has 0 saturated heterocycles. The van der Waals surface area contributed by atoms with Crippen molar-refractivity contribution in [1.82, 2.24) is 0 Å². The molecule has 0 spiro atoms. The lowest BCUT2D eigenvalue weighted by molar-refractivity contribution is 0.348. The molecule has 3 heteroatoms. The van der Waals surface area contributed by atoms with Gasteiger partial charge in [-0.05, 0) is 36.5 Å². The quantitative estimate of drug-likeness (QED) is 0.894. The van der Waals surface area contributed by atoms with Crippen molar-refractivity contribution in [3.63, 3.8) is 0 Å². The van der Waals surface area contributed by atoms with Crippen LogP contribution in [0.2, 0.25) is 5.02 Å². The molecule has 0 radical (unpaired) electrons. The van der Waals surface area contributed by atoms with Crippen LogP contribution < -0.4 is 10.5 Å². The summed E-state index contributed by atoms with van der Waals surface area (Å²) in [4.78, 5) is 0. The summed E-state index contributed by atoms with van der Waals surface area (Å²) < 4.78 is 5.74. The number of nitrogens with two attached hydrogens (primary N) is 1. The van der Waals surface area contributed by atoms with Gasteiger partial charge in [0.05, 0.1) is 6.61 Å². The molecular formula is C16H22ClNO. The monoisotopic (exact) mass is 279 g/mol. The summed E-state index contributed by atoms with van der Waals surface area (Å²) in [6, 6.07) is 4.06. The van der Waals surface area contributed by atoms with Gasteiger partial charge in [-0.2, -0.15) is 0 Å². The summed E-state index contributed by atoms with van der Waals surface area (Å²) in [5.74, 6) is 1.89. The van der Waals surface area contributed by atoms with Crippen molar-refractivity contribution in [1.29, 1.82) is 0 Å². The van der Waals surface area contributed by atoms with Crippen LogP contribution in [0.1, 0.15) is 55.7 Å². The number of fused-ring (bicyclic) bond motifs is 1. The molecule has 1 atom stereocenters. The van der Waals surface area contributed by atoms with Crippen molar-refractivity contribution < 1.29 is 4.74 Å². The molecule has 0 aromatic heterocycles. The summed E-state index contributed by atoms with van der Waals surface area (Å²) >= 11 is 6.19. The van der Waals surface area contributed by atoms with Gasteiger partial charge < -0.3 is 10.5 Å². The minimum Gasteiger partial charge on any atom is -0.493 e. The van der Waals surface area contributed by atoms with E-state index in [0.29, 0.717) is 0 Å². The molecule has 0 amide bonds. The van der Waals surface area contributed by atoms with E-state index in [9.17, 15) is 0 Å². The molecule has 1 fully saturated rings. The Morgan fingerprint density at radius 1 is 1.32 bits per heavy atom. The number of ether oxygens (including phenoxy) is 1. The van der Waals surface area contributed by atoms with E-state index >= 15 is 0 Å². The fourth-order valence-electron chi connectivity index (χ4n) is 3.44. The van der Waals surface area contributed by atoms with E-state index in [1.807, 2.05) is 12.1 Å². The zero-order chi connectivity index (χ0) is 13.2. The summed E-state index contributed by atoms with van der Waals surface area (Å²) in [6.07, 6.45) is 8.81. The average molecular weight is 280 g/mol. The van der Waals surface area contributed by atoms with Crippen molar-refractivity contribution in [3.05, 3.63) is 28.3 Å². The Morgan fingerprint density at radius 3 is 2.89 bits per heavy atom. The number of halogens is 1. The van der Waals surface area contributed by atoms with E-state index in [1.165, 1.54) is 37.7 Å². The Labute approximate surface area is 120 Å². The Kier molecular flexibility index (Phi) is 3.99. The highest BCUT2D eigenvalue weighted by atomic mass is 35.5. The Morgan fingerprint density at radius 2 is 2.11 bits per heavy atom. The second-order valence-corrected chi connectivity index (χ2v) is 6.35. The van der Waals surface area contributed by atoms with Crippen LogP contribution in [-0.4, -0.2) is 6.61 Å². The molecule has 19 heavy (non-hydrogen) atoms. The maximum Gasteiger partial charge on any atom is 0.127 e. The van der Waals surface area contributed by atoms with Gasteiger partial charge in [0.15, 0.2) is 0 Å². The Balaban J connectivity index is 1.70. The minimum atomic E-state index is 0.0612. The summed E-state index contributed by atoms with van der Waals surface area (Å²) in [6.45, 7) is 0.762. The zero-order valence-corrected chi connectivity index (χ0v) is 12.1. The molecule has 2 N–H and O–H groups in total. The highest BCUT2D eigenvalue weighted by molar-refractivity contribution is 6.30. The van der Waals surface area contributed by atoms with E-state index in [2.05, 4.69) is 0 Å². The molecule has 1 saturated carbocycles. The lowest BCUT2D eigenvalue weighted by atomic mass is 9.94. The van der Waals surface area contributed by atoms with Crippen LogP contribution in [-0.2, 0) is 6.42 Å². The number of hydrogen-bond acceptors (Lipinski definition) is 2. The van der Waals surface area contributed by atoms with Crippen LogP contribution in [0.3, 0.4) is 0 Å². The maximum atomic E-state index is 6.38. The molecular weight excluding hydrogens is 258 g/mol. The predicted molar refractivity (Wildman–Crippen MR) is 78.8 cm³/mol. The molecule has 2 aliphatic rings. The van der Waals surface area contributed by atoms with E-state index in [4.69, 9.17) is 22.1 Å². The van der Waals surface area contributed by atoms with Gasteiger partial charge in [-0.1, -0.05) is 37.3 Å². The zero-order valence-electron chi connectivity index (χ0n) is 11.3. The van der Waals surface area contributed by atoms with Gasteiger partial charge in [-0.25, -0.2) is 0 Å². The van der Waals surface area contributed by atoms with Crippen molar-refractivity contribution in [2.75, 3.05) is 6.61 Å². The van der Waals surface area contributed by atoms with E-state index in [1.54, 1.807) is 0 Å². The van der Waals surface area contributed by atoms with Gasteiger partial charge in [0.2, 0.25) is 0 Å². The summed E-state index contributed by atoms with van der Waals surface area (Å²) in [5.41, 5.74) is 8.71. The fraction of sp³-hybridized carbons (Fsp3) is 0.625. The van der Waals surface area contributed by atoms with E-state index < -0.39 is 0 Å². The Hall–Kier alpha value is -0.730. The molecule has 1 aliphatic carbocycles. The van der Waals surface area contributed by atoms with Crippen LogP contribution in [0, 0.1) is 5.92 Å². The predicted octanol–water partition coefficient (Wildman–Crippen LogP) is 4.25. The van der Waals surface area contributed by atoms with Crippen LogP contribution in [0.25, 0.3) is 0 Å². The van der Waals surface area contributed by atoms with Crippen molar-refractivity contribution in [2.45, 2.75) is 51.0 Å². The molecule has 1 aromatic carbocycles. The number of benzene rings is 1. The highest BCUT2D eigenvalue weighted by Crippen LogP contribution is 2.38. The Bertz CT molecular complexity index is 454. The lowest BCUT2D eigenvalue weighted by Crippen LogP contribution is -2.13. The number of hydrogen-bond donors (Lipinski definition) is 1. The van der Waals surface area contributed by atoms with Gasteiger partial charge in [-0.3, -0.25) is 0 Å². The van der Waals surface area contributed by atoms with Crippen LogP contribution in [0.5, 0.6) is 5.75 Å². The van der Waals surface area contributed by atoms with E-state index in [-0.39, 0.29) is 6.04 Å². The number of rotatable bonds is 4. The molecule has 1 heterocycles. The van der Waals surface area contributed by atoms with E-state index in [0.717, 1.165) is 41.7 Å². The lowest BCUT2D eigenvalue weighted by Gasteiger charge is -2.18. The first-order valence-corrected chi connectivity index (χ1v) is 7.82. The van der Waals surface area contributed by atoms with Gasteiger partial charge in [0.1, 0.15) is 5.75 Å². The molecule has 0 bridgehead atoms. The van der Waals surface area contributed by atoms with Crippen molar-refractivity contribution in [2.24, 2.45) is 11.7 Å². The van der Waals surface area contributed by atoms with Crippen LogP contribution in [0.15, 0.2) is 12.1 Å². The first kappa shape index (κ1) is 13.3. The van der Waals surface area contributed by atoms with Crippen LogP contribution in [0.4, 0.5) is 0 Å². The summed E-state index contributed by atoms with van der Waals surface area (Å²) in [5, 5.41) is 0.788. The standard InChI is InChI=1S/C16H22ClNO/c17-13-9-12-7-8-19-16(12)14(10-13)15(18)6-5-11-3-1-2-4-11/h9-11,15H,1-8,18H2. The first-order valence-electron chi connectivity index (χ1n) is 7.45. The highest BCUT2D eigenvalue weighted by Gasteiger charge is 2.23. The average Bonchev–Trinajstić information content (AvgIpc) is 3.05. The second kappa shape index (κ2) is 5.72. The molecule has 3 rings (SSSR count). The third kappa shape index (κ3) is 2.90. The smallest absolute Gasteiger partial charge is 0.127 e. The van der Waals surface area contributed by atoms with Gasteiger partial charge in [0.25, 0.3) is 0 Å². The second-order valence-electron chi connectivity index (χ2n) is 5.92. The van der Waals surface area contributed by atoms with Gasteiger partial charge >= 0.3 is 0 Å².